The van der Waals surface area contributed by atoms with Crippen LogP contribution in [0.2, 0.25) is 0 Å². The Hall–Kier alpha value is -1.68. The zero-order valence-electron chi connectivity index (χ0n) is 7.96. The molecule has 0 saturated heterocycles. The van der Waals surface area contributed by atoms with E-state index >= 15 is 0 Å². The van der Waals surface area contributed by atoms with Crippen molar-refractivity contribution in [2.75, 3.05) is 0 Å². The highest BCUT2D eigenvalue weighted by atomic mass is 15.3. The monoisotopic (exact) mass is 188 g/mol. The second kappa shape index (κ2) is 3.59. The summed E-state index contributed by atoms with van der Waals surface area (Å²) in [5, 5.41) is 4.05. The molecule has 0 saturated carbocycles. The Kier molecular flexibility index (Phi) is 2.28. The van der Waals surface area contributed by atoms with Gasteiger partial charge >= 0.3 is 0 Å². The molecule has 1 heterocycles. The molecule has 2 rings (SSSR count). The van der Waals surface area contributed by atoms with Crippen LogP contribution < -0.4 is 5.73 Å². The summed E-state index contributed by atoms with van der Waals surface area (Å²) in [5.41, 5.74) is 7.87. The number of hydrogen-bond acceptors (Lipinski definition) is 3. The second-order valence-corrected chi connectivity index (χ2v) is 3.22. The minimum absolute atomic E-state index is 0.0403. The molecule has 4 nitrogen and oxygen atoms in total. The number of nitrogens with two attached hydrogens (primary N) is 1. The van der Waals surface area contributed by atoms with Gasteiger partial charge in [0.15, 0.2) is 0 Å². The fourth-order valence-electron chi connectivity index (χ4n) is 1.29. The van der Waals surface area contributed by atoms with Crippen molar-refractivity contribution in [1.82, 2.24) is 14.8 Å². The molecule has 1 unspecified atom stereocenters. The van der Waals surface area contributed by atoms with Gasteiger partial charge < -0.3 is 5.73 Å². The average Bonchev–Trinajstić information content (AvgIpc) is 2.71. The quantitative estimate of drug-likeness (QED) is 0.772. The van der Waals surface area contributed by atoms with Gasteiger partial charge in [0.05, 0.1) is 5.69 Å². The Labute approximate surface area is 82.4 Å². The van der Waals surface area contributed by atoms with Gasteiger partial charge in [-0.05, 0) is 24.6 Å². The van der Waals surface area contributed by atoms with Crippen LogP contribution in [0.1, 0.15) is 18.5 Å². The molecular formula is C10H12N4. The van der Waals surface area contributed by atoms with Gasteiger partial charge in [-0.2, -0.15) is 5.10 Å². The van der Waals surface area contributed by atoms with Crippen LogP contribution in [0, 0.1) is 0 Å². The summed E-state index contributed by atoms with van der Waals surface area (Å²) in [5.74, 6) is 0. The Balaban J connectivity index is 2.41. The number of hydrogen-bond donors (Lipinski definition) is 1. The van der Waals surface area contributed by atoms with Crippen LogP contribution in [0.25, 0.3) is 5.69 Å². The summed E-state index contributed by atoms with van der Waals surface area (Å²) in [6.07, 6.45) is 3.18. The van der Waals surface area contributed by atoms with E-state index < -0.39 is 0 Å². The number of benzene rings is 1. The van der Waals surface area contributed by atoms with E-state index in [0.29, 0.717) is 0 Å². The van der Waals surface area contributed by atoms with E-state index in [9.17, 15) is 0 Å². The zero-order chi connectivity index (χ0) is 9.97. The van der Waals surface area contributed by atoms with Crippen molar-refractivity contribution in [3.05, 3.63) is 42.5 Å². The van der Waals surface area contributed by atoms with Crippen molar-refractivity contribution in [2.24, 2.45) is 5.73 Å². The van der Waals surface area contributed by atoms with Gasteiger partial charge in [0.2, 0.25) is 0 Å². The predicted octanol–water partition coefficient (Wildman–Crippen LogP) is 1.29. The van der Waals surface area contributed by atoms with Crippen LogP contribution >= 0.6 is 0 Å². The van der Waals surface area contributed by atoms with Crippen molar-refractivity contribution < 1.29 is 0 Å². The van der Waals surface area contributed by atoms with Gasteiger partial charge in [-0.15, -0.1) is 0 Å². The third kappa shape index (κ3) is 1.65. The summed E-state index contributed by atoms with van der Waals surface area (Å²) < 4.78 is 1.71. The Morgan fingerprint density at radius 1 is 1.43 bits per heavy atom. The normalized spacial score (nSPS) is 12.7. The van der Waals surface area contributed by atoms with Gasteiger partial charge in [0.1, 0.15) is 12.7 Å². The summed E-state index contributed by atoms with van der Waals surface area (Å²) in [7, 11) is 0. The lowest BCUT2D eigenvalue weighted by molar-refractivity contribution is 0.809. The Bertz CT molecular complexity index is 406. The lowest BCUT2D eigenvalue weighted by atomic mass is 10.1. The van der Waals surface area contributed by atoms with Crippen LogP contribution in [-0.2, 0) is 0 Å². The minimum atomic E-state index is 0.0403. The van der Waals surface area contributed by atoms with Crippen LogP contribution in [0.3, 0.4) is 0 Å². The van der Waals surface area contributed by atoms with E-state index in [2.05, 4.69) is 10.1 Å². The van der Waals surface area contributed by atoms with Crippen LogP contribution in [0.15, 0.2) is 36.9 Å². The number of aromatic nitrogens is 3. The van der Waals surface area contributed by atoms with Crippen molar-refractivity contribution in [1.29, 1.82) is 0 Å². The van der Waals surface area contributed by atoms with Gasteiger partial charge in [0.25, 0.3) is 0 Å². The minimum Gasteiger partial charge on any atom is -0.324 e. The fourth-order valence-corrected chi connectivity index (χ4v) is 1.29. The van der Waals surface area contributed by atoms with Crippen molar-refractivity contribution in [3.63, 3.8) is 0 Å². The Morgan fingerprint density at radius 2 is 2.29 bits per heavy atom. The summed E-state index contributed by atoms with van der Waals surface area (Å²) in [4.78, 5) is 3.89. The molecular weight excluding hydrogens is 176 g/mol. The maximum Gasteiger partial charge on any atom is 0.138 e. The summed E-state index contributed by atoms with van der Waals surface area (Å²) in [6.45, 7) is 1.96. The highest BCUT2D eigenvalue weighted by Crippen LogP contribution is 2.13. The molecule has 2 aromatic rings. The van der Waals surface area contributed by atoms with E-state index in [1.807, 2.05) is 31.2 Å². The largest absolute Gasteiger partial charge is 0.324 e. The van der Waals surface area contributed by atoms with E-state index in [1.165, 1.54) is 6.33 Å². The first-order chi connectivity index (χ1) is 6.77. The van der Waals surface area contributed by atoms with Gasteiger partial charge in [-0.25, -0.2) is 9.67 Å². The molecule has 72 valence electrons. The molecule has 0 aliphatic carbocycles. The molecule has 0 aliphatic heterocycles. The molecule has 0 fully saturated rings. The summed E-state index contributed by atoms with van der Waals surface area (Å²) in [6, 6.07) is 8.00. The van der Waals surface area contributed by atoms with Crippen molar-refractivity contribution >= 4 is 0 Å². The van der Waals surface area contributed by atoms with Crippen LogP contribution in [0.4, 0.5) is 0 Å². The molecule has 0 spiro atoms. The van der Waals surface area contributed by atoms with E-state index in [0.717, 1.165) is 11.3 Å². The maximum absolute atomic E-state index is 5.79. The van der Waals surface area contributed by atoms with Gasteiger partial charge in [-0.1, -0.05) is 12.1 Å². The molecule has 0 radical (unpaired) electrons. The van der Waals surface area contributed by atoms with E-state index in [4.69, 9.17) is 5.73 Å². The van der Waals surface area contributed by atoms with Crippen LogP contribution in [0.5, 0.6) is 0 Å². The maximum atomic E-state index is 5.79. The number of rotatable bonds is 2. The molecule has 1 aromatic heterocycles. The molecule has 1 aromatic carbocycles. The molecule has 0 amide bonds. The highest BCUT2D eigenvalue weighted by molar-refractivity contribution is 5.35. The van der Waals surface area contributed by atoms with E-state index in [1.54, 1.807) is 11.0 Å². The van der Waals surface area contributed by atoms with Gasteiger partial charge in [-0.3, -0.25) is 0 Å². The first-order valence-electron chi connectivity index (χ1n) is 4.48. The summed E-state index contributed by atoms with van der Waals surface area (Å²) >= 11 is 0. The molecule has 2 N–H and O–H groups in total. The highest BCUT2D eigenvalue weighted by Gasteiger charge is 2.01. The third-order valence-corrected chi connectivity index (χ3v) is 2.08. The smallest absolute Gasteiger partial charge is 0.138 e. The average molecular weight is 188 g/mol. The molecule has 0 bridgehead atoms. The Morgan fingerprint density at radius 3 is 2.93 bits per heavy atom. The van der Waals surface area contributed by atoms with Crippen LogP contribution in [-0.4, -0.2) is 14.8 Å². The SMILES string of the molecule is CC(N)c1cccc(-n2cncn2)c1. The zero-order valence-corrected chi connectivity index (χ0v) is 7.96. The van der Waals surface area contributed by atoms with Crippen molar-refractivity contribution in [2.45, 2.75) is 13.0 Å². The molecule has 0 aliphatic rings. The van der Waals surface area contributed by atoms with E-state index in [-0.39, 0.29) is 6.04 Å². The first-order valence-corrected chi connectivity index (χ1v) is 4.48. The predicted molar refractivity (Wildman–Crippen MR) is 54.0 cm³/mol. The first kappa shape index (κ1) is 8.90. The lowest BCUT2D eigenvalue weighted by Gasteiger charge is -2.07. The molecule has 4 heteroatoms. The second-order valence-electron chi connectivity index (χ2n) is 3.22. The molecule has 1 atom stereocenters. The lowest BCUT2D eigenvalue weighted by Crippen LogP contribution is -2.05. The molecule has 14 heavy (non-hydrogen) atoms. The number of nitrogens with zero attached hydrogens (tertiary/aromatic N) is 3. The topological polar surface area (TPSA) is 56.7 Å². The standard InChI is InChI=1S/C10H12N4/c1-8(11)9-3-2-4-10(5-9)14-7-12-6-13-14/h2-8H,11H2,1H3. The fraction of sp³-hybridized carbons (Fsp3) is 0.200. The van der Waals surface area contributed by atoms with Gasteiger partial charge in [0, 0.05) is 6.04 Å². The van der Waals surface area contributed by atoms with Crippen molar-refractivity contribution in [3.8, 4) is 5.69 Å². The third-order valence-electron chi connectivity index (χ3n) is 2.08.